The SMILES string of the molecule is CCOc1nc(Cl)nc(NCCc2nncn2C)n1. The lowest BCUT2D eigenvalue weighted by Crippen LogP contribution is -2.12. The first-order valence-corrected chi connectivity index (χ1v) is 6.18. The number of aryl methyl sites for hydroxylation is 1. The van der Waals surface area contributed by atoms with Crippen LogP contribution in [0, 0.1) is 0 Å². The Hall–Kier alpha value is -1.96. The van der Waals surface area contributed by atoms with Gasteiger partial charge in [0, 0.05) is 20.0 Å². The molecule has 19 heavy (non-hydrogen) atoms. The maximum Gasteiger partial charge on any atom is 0.322 e. The molecule has 0 unspecified atom stereocenters. The van der Waals surface area contributed by atoms with Gasteiger partial charge in [-0.25, -0.2) is 0 Å². The van der Waals surface area contributed by atoms with E-state index in [4.69, 9.17) is 16.3 Å². The summed E-state index contributed by atoms with van der Waals surface area (Å²) >= 11 is 5.78. The lowest BCUT2D eigenvalue weighted by Gasteiger charge is -2.06. The van der Waals surface area contributed by atoms with Crippen molar-refractivity contribution in [1.29, 1.82) is 0 Å². The third-order valence-corrected chi connectivity index (χ3v) is 2.47. The molecular weight excluding hydrogens is 270 g/mol. The van der Waals surface area contributed by atoms with E-state index in [1.165, 1.54) is 0 Å². The summed E-state index contributed by atoms with van der Waals surface area (Å²) in [6, 6.07) is 0.212. The minimum atomic E-state index is 0.0969. The molecule has 0 atom stereocenters. The molecule has 2 rings (SSSR count). The monoisotopic (exact) mass is 283 g/mol. The molecule has 0 radical (unpaired) electrons. The predicted molar refractivity (Wildman–Crippen MR) is 69.2 cm³/mol. The molecule has 0 aliphatic rings. The van der Waals surface area contributed by atoms with Gasteiger partial charge in [-0.15, -0.1) is 10.2 Å². The van der Waals surface area contributed by atoms with Gasteiger partial charge < -0.3 is 14.6 Å². The van der Waals surface area contributed by atoms with Crippen LogP contribution < -0.4 is 10.1 Å². The van der Waals surface area contributed by atoms with E-state index in [0.29, 0.717) is 25.5 Å². The fraction of sp³-hybridized carbons (Fsp3) is 0.500. The van der Waals surface area contributed by atoms with Gasteiger partial charge in [0.15, 0.2) is 0 Å². The molecule has 2 heterocycles. The summed E-state index contributed by atoms with van der Waals surface area (Å²) in [6.45, 7) is 2.93. The predicted octanol–water partition coefficient (Wildman–Crippen LogP) is 0.707. The topological polar surface area (TPSA) is 90.6 Å². The number of ether oxygens (including phenoxy) is 1. The molecule has 2 aromatic rings. The number of rotatable bonds is 6. The maximum absolute atomic E-state index is 5.78. The zero-order chi connectivity index (χ0) is 13.7. The second kappa shape index (κ2) is 6.28. The Balaban J connectivity index is 1.94. The number of nitrogens with zero attached hydrogens (tertiary/aromatic N) is 6. The molecule has 0 saturated carbocycles. The van der Waals surface area contributed by atoms with Crippen LogP contribution in [0.15, 0.2) is 6.33 Å². The Morgan fingerprint density at radius 2 is 2.21 bits per heavy atom. The summed E-state index contributed by atoms with van der Waals surface area (Å²) in [6.07, 6.45) is 2.35. The molecule has 2 aromatic heterocycles. The number of aromatic nitrogens is 6. The Kier molecular flexibility index (Phi) is 4.45. The minimum Gasteiger partial charge on any atom is -0.464 e. The van der Waals surface area contributed by atoms with Gasteiger partial charge in [0.2, 0.25) is 11.2 Å². The zero-order valence-corrected chi connectivity index (χ0v) is 11.4. The van der Waals surface area contributed by atoms with Gasteiger partial charge in [0.05, 0.1) is 6.61 Å². The van der Waals surface area contributed by atoms with Crippen molar-refractivity contribution in [2.75, 3.05) is 18.5 Å². The average molecular weight is 284 g/mol. The van der Waals surface area contributed by atoms with Crippen LogP contribution in [0.5, 0.6) is 6.01 Å². The second-order valence-corrected chi connectivity index (χ2v) is 4.02. The normalized spacial score (nSPS) is 10.5. The summed E-state index contributed by atoms with van der Waals surface area (Å²) in [5, 5.41) is 10.9. The number of halogens is 1. The largest absolute Gasteiger partial charge is 0.464 e. The lowest BCUT2D eigenvalue weighted by atomic mass is 10.4. The first kappa shape index (κ1) is 13.5. The van der Waals surface area contributed by atoms with Gasteiger partial charge in [-0.3, -0.25) is 0 Å². The molecule has 102 valence electrons. The summed E-state index contributed by atoms with van der Waals surface area (Å²) in [4.78, 5) is 11.9. The van der Waals surface area contributed by atoms with Crippen molar-refractivity contribution in [2.45, 2.75) is 13.3 Å². The van der Waals surface area contributed by atoms with Gasteiger partial charge in [0.1, 0.15) is 12.2 Å². The van der Waals surface area contributed by atoms with E-state index in [1.807, 2.05) is 18.5 Å². The van der Waals surface area contributed by atoms with E-state index < -0.39 is 0 Å². The highest BCUT2D eigenvalue weighted by Gasteiger charge is 2.06. The molecule has 0 aliphatic carbocycles. The van der Waals surface area contributed by atoms with Crippen molar-refractivity contribution >= 4 is 17.5 Å². The Morgan fingerprint density at radius 3 is 2.89 bits per heavy atom. The molecule has 1 N–H and O–H groups in total. The van der Waals surface area contributed by atoms with Crippen molar-refractivity contribution in [3.63, 3.8) is 0 Å². The molecule has 0 bridgehead atoms. The number of hydrogen-bond acceptors (Lipinski definition) is 7. The smallest absolute Gasteiger partial charge is 0.322 e. The van der Waals surface area contributed by atoms with Crippen molar-refractivity contribution in [2.24, 2.45) is 7.05 Å². The van der Waals surface area contributed by atoms with Crippen molar-refractivity contribution in [1.82, 2.24) is 29.7 Å². The lowest BCUT2D eigenvalue weighted by molar-refractivity contribution is 0.312. The fourth-order valence-corrected chi connectivity index (χ4v) is 1.58. The van der Waals surface area contributed by atoms with Crippen LogP contribution in [0.3, 0.4) is 0 Å². The fourth-order valence-electron chi connectivity index (χ4n) is 1.42. The highest BCUT2D eigenvalue weighted by molar-refractivity contribution is 6.28. The van der Waals surface area contributed by atoms with Gasteiger partial charge in [0.25, 0.3) is 0 Å². The van der Waals surface area contributed by atoms with Crippen molar-refractivity contribution < 1.29 is 4.74 Å². The molecule has 0 amide bonds. The Bertz CT molecular complexity index is 544. The first-order valence-electron chi connectivity index (χ1n) is 5.80. The molecule has 0 fully saturated rings. The zero-order valence-electron chi connectivity index (χ0n) is 10.7. The van der Waals surface area contributed by atoms with Gasteiger partial charge >= 0.3 is 6.01 Å². The highest BCUT2D eigenvalue weighted by atomic mass is 35.5. The second-order valence-electron chi connectivity index (χ2n) is 3.68. The first-order chi connectivity index (χ1) is 9.19. The molecular formula is C10H14ClN7O. The van der Waals surface area contributed by atoms with E-state index in [0.717, 1.165) is 5.82 Å². The standard InChI is InChI=1S/C10H14ClN7O/c1-3-19-10-15-8(11)14-9(16-10)12-5-4-7-17-13-6-18(7)2/h6H,3-5H2,1-2H3,(H,12,14,15,16). The van der Waals surface area contributed by atoms with Crippen LogP contribution in [0.1, 0.15) is 12.7 Å². The van der Waals surface area contributed by atoms with Crippen LogP contribution in [-0.2, 0) is 13.5 Å². The average Bonchev–Trinajstić information content (AvgIpc) is 2.75. The summed E-state index contributed by atoms with van der Waals surface area (Å²) in [5.41, 5.74) is 0. The van der Waals surface area contributed by atoms with Crippen molar-refractivity contribution in [3.8, 4) is 6.01 Å². The van der Waals surface area contributed by atoms with Crippen LogP contribution in [0.25, 0.3) is 0 Å². The van der Waals surface area contributed by atoms with Crippen LogP contribution in [0.4, 0.5) is 5.95 Å². The van der Waals surface area contributed by atoms with E-state index in [-0.39, 0.29) is 11.3 Å². The number of hydrogen-bond donors (Lipinski definition) is 1. The minimum absolute atomic E-state index is 0.0969. The molecule has 0 aliphatic heterocycles. The highest BCUT2D eigenvalue weighted by Crippen LogP contribution is 2.11. The van der Waals surface area contributed by atoms with Gasteiger partial charge in [-0.1, -0.05) is 0 Å². The van der Waals surface area contributed by atoms with Crippen molar-refractivity contribution in [3.05, 3.63) is 17.4 Å². The Morgan fingerprint density at radius 1 is 1.37 bits per heavy atom. The van der Waals surface area contributed by atoms with Crippen LogP contribution in [0.2, 0.25) is 5.28 Å². The molecule has 9 heteroatoms. The number of nitrogens with one attached hydrogen (secondary N) is 1. The third kappa shape index (κ3) is 3.75. The van der Waals surface area contributed by atoms with Crippen LogP contribution >= 0.6 is 11.6 Å². The Labute approximate surface area is 115 Å². The molecule has 0 aromatic carbocycles. The van der Waals surface area contributed by atoms with Gasteiger partial charge in [-0.2, -0.15) is 15.0 Å². The number of anilines is 1. The van der Waals surface area contributed by atoms with Gasteiger partial charge in [-0.05, 0) is 18.5 Å². The molecule has 0 saturated heterocycles. The maximum atomic E-state index is 5.78. The molecule has 0 spiro atoms. The molecule has 8 nitrogen and oxygen atoms in total. The van der Waals surface area contributed by atoms with E-state index in [2.05, 4.69) is 30.5 Å². The van der Waals surface area contributed by atoms with E-state index in [9.17, 15) is 0 Å². The van der Waals surface area contributed by atoms with E-state index >= 15 is 0 Å². The summed E-state index contributed by atoms with van der Waals surface area (Å²) in [7, 11) is 1.89. The third-order valence-electron chi connectivity index (χ3n) is 2.30. The van der Waals surface area contributed by atoms with E-state index in [1.54, 1.807) is 6.33 Å². The summed E-state index contributed by atoms with van der Waals surface area (Å²) < 4.78 is 7.04. The van der Waals surface area contributed by atoms with Crippen LogP contribution in [-0.4, -0.2) is 42.9 Å². The summed E-state index contributed by atoms with van der Waals surface area (Å²) in [5.74, 6) is 1.25. The quantitative estimate of drug-likeness (QED) is 0.834.